The molecular weight excluding hydrogens is 316 g/mol. The fraction of sp³-hybridized carbons (Fsp3) is 0.579. The standard InChI is InChI=1S/C19H24N4O2/c1-13(2)17-12-22(8-7-18(24)23(17)11-14-3-4-14)19(25)15-5-6-16(9-20)21-10-15/h5-6,10,13-14,17H,3-4,7-8,11-12H2,1-2H3. The highest BCUT2D eigenvalue weighted by molar-refractivity contribution is 5.94. The molecule has 0 spiro atoms. The van der Waals surface area contributed by atoms with Crippen LogP contribution in [0.25, 0.3) is 0 Å². The van der Waals surface area contributed by atoms with Gasteiger partial charge < -0.3 is 9.80 Å². The van der Waals surface area contributed by atoms with E-state index in [0.29, 0.717) is 36.7 Å². The Balaban J connectivity index is 1.78. The predicted molar refractivity (Wildman–Crippen MR) is 92.5 cm³/mol. The number of hydrogen-bond acceptors (Lipinski definition) is 4. The van der Waals surface area contributed by atoms with Crippen molar-refractivity contribution in [2.24, 2.45) is 11.8 Å². The molecule has 1 atom stereocenters. The second-order valence-corrected chi connectivity index (χ2v) is 7.35. The van der Waals surface area contributed by atoms with Crippen LogP contribution in [0.15, 0.2) is 18.3 Å². The molecule has 2 heterocycles. The molecule has 6 nitrogen and oxygen atoms in total. The Labute approximate surface area is 148 Å². The maximum absolute atomic E-state index is 12.8. The summed E-state index contributed by atoms with van der Waals surface area (Å²) >= 11 is 0. The molecule has 1 saturated heterocycles. The van der Waals surface area contributed by atoms with E-state index in [0.717, 1.165) is 6.54 Å². The van der Waals surface area contributed by atoms with Crippen LogP contribution in [0.2, 0.25) is 0 Å². The van der Waals surface area contributed by atoms with E-state index in [4.69, 9.17) is 5.26 Å². The zero-order valence-corrected chi connectivity index (χ0v) is 14.8. The van der Waals surface area contributed by atoms with Crippen molar-refractivity contribution in [3.05, 3.63) is 29.6 Å². The van der Waals surface area contributed by atoms with Crippen LogP contribution in [0.4, 0.5) is 0 Å². The van der Waals surface area contributed by atoms with Crippen molar-refractivity contribution < 1.29 is 9.59 Å². The molecule has 0 aromatic carbocycles. The van der Waals surface area contributed by atoms with E-state index in [1.807, 2.05) is 11.0 Å². The molecule has 3 rings (SSSR count). The number of amides is 2. The molecule has 0 radical (unpaired) electrons. The van der Waals surface area contributed by atoms with Crippen LogP contribution in [0.3, 0.4) is 0 Å². The molecule has 2 aliphatic rings. The van der Waals surface area contributed by atoms with Crippen LogP contribution in [-0.2, 0) is 4.79 Å². The molecule has 132 valence electrons. The highest BCUT2D eigenvalue weighted by atomic mass is 16.2. The molecular formula is C19H24N4O2. The fourth-order valence-corrected chi connectivity index (χ4v) is 3.31. The second-order valence-electron chi connectivity index (χ2n) is 7.35. The molecule has 1 unspecified atom stereocenters. The van der Waals surface area contributed by atoms with Gasteiger partial charge in [-0.05, 0) is 36.8 Å². The van der Waals surface area contributed by atoms with Crippen LogP contribution in [-0.4, -0.2) is 52.3 Å². The Hall–Kier alpha value is -2.42. The van der Waals surface area contributed by atoms with Crippen molar-refractivity contribution in [2.75, 3.05) is 19.6 Å². The van der Waals surface area contributed by atoms with E-state index in [2.05, 4.69) is 18.8 Å². The summed E-state index contributed by atoms with van der Waals surface area (Å²) in [6, 6.07) is 5.18. The monoisotopic (exact) mass is 340 g/mol. The Kier molecular flexibility index (Phi) is 5.03. The van der Waals surface area contributed by atoms with Crippen molar-refractivity contribution in [1.29, 1.82) is 5.26 Å². The quantitative estimate of drug-likeness (QED) is 0.840. The van der Waals surface area contributed by atoms with Crippen LogP contribution in [0.1, 0.15) is 49.2 Å². The first-order chi connectivity index (χ1) is 12.0. The number of aromatic nitrogens is 1. The summed E-state index contributed by atoms with van der Waals surface area (Å²) in [5.74, 6) is 0.952. The van der Waals surface area contributed by atoms with Gasteiger partial charge >= 0.3 is 0 Å². The molecule has 2 amide bonds. The van der Waals surface area contributed by atoms with Gasteiger partial charge in [-0.15, -0.1) is 0 Å². The zero-order chi connectivity index (χ0) is 18.0. The lowest BCUT2D eigenvalue weighted by Gasteiger charge is -2.34. The lowest BCUT2D eigenvalue weighted by atomic mass is 10.0. The van der Waals surface area contributed by atoms with E-state index in [1.165, 1.54) is 19.0 Å². The maximum Gasteiger partial charge on any atom is 0.255 e. The molecule has 6 heteroatoms. The summed E-state index contributed by atoms with van der Waals surface area (Å²) in [6.07, 6.45) is 4.22. The van der Waals surface area contributed by atoms with E-state index in [1.54, 1.807) is 17.0 Å². The minimum atomic E-state index is -0.122. The SMILES string of the molecule is CC(C)C1CN(C(=O)c2ccc(C#N)nc2)CCC(=O)N1CC1CC1. The lowest BCUT2D eigenvalue weighted by molar-refractivity contribution is -0.133. The first-order valence-electron chi connectivity index (χ1n) is 8.94. The van der Waals surface area contributed by atoms with Crippen molar-refractivity contribution in [2.45, 2.75) is 39.2 Å². The van der Waals surface area contributed by atoms with E-state index < -0.39 is 0 Å². The van der Waals surface area contributed by atoms with E-state index in [9.17, 15) is 9.59 Å². The van der Waals surface area contributed by atoms with E-state index in [-0.39, 0.29) is 23.8 Å². The Morgan fingerprint density at radius 3 is 2.72 bits per heavy atom. The average molecular weight is 340 g/mol. The van der Waals surface area contributed by atoms with Gasteiger partial charge in [-0.25, -0.2) is 4.98 Å². The van der Waals surface area contributed by atoms with Gasteiger partial charge in [-0.2, -0.15) is 5.26 Å². The Morgan fingerprint density at radius 2 is 2.16 bits per heavy atom. The summed E-state index contributed by atoms with van der Waals surface area (Å²) in [6.45, 7) is 6.02. The number of nitrogens with zero attached hydrogens (tertiary/aromatic N) is 4. The number of rotatable bonds is 4. The van der Waals surface area contributed by atoms with Gasteiger partial charge in [0.05, 0.1) is 11.6 Å². The topological polar surface area (TPSA) is 77.3 Å². The maximum atomic E-state index is 12.8. The summed E-state index contributed by atoms with van der Waals surface area (Å²) in [5, 5.41) is 8.83. The minimum absolute atomic E-state index is 0.0471. The Morgan fingerprint density at radius 1 is 1.40 bits per heavy atom. The number of pyridine rings is 1. The molecule has 1 saturated carbocycles. The van der Waals surface area contributed by atoms with Crippen molar-refractivity contribution in [3.63, 3.8) is 0 Å². The number of hydrogen-bond donors (Lipinski definition) is 0. The highest BCUT2D eigenvalue weighted by Crippen LogP contribution is 2.32. The first-order valence-corrected chi connectivity index (χ1v) is 8.94. The van der Waals surface area contributed by atoms with Gasteiger partial charge in [0, 0.05) is 32.3 Å². The summed E-state index contributed by atoms with van der Waals surface area (Å²) in [5.41, 5.74) is 0.753. The Bertz CT molecular complexity index is 688. The van der Waals surface area contributed by atoms with Crippen molar-refractivity contribution in [1.82, 2.24) is 14.8 Å². The van der Waals surface area contributed by atoms with Gasteiger partial charge in [0.2, 0.25) is 5.91 Å². The molecule has 1 aromatic rings. The molecule has 0 N–H and O–H groups in total. The van der Waals surface area contributed by atoms with Crippen molar-refractivity contribution in [3.8, 4) is 6.07 Å². The fourth-order valence-electron chi connectivity index (χ4n) is 3.31. The summed E-state index contributed by atoms with van der Waals surface area (Å²) in [4.78, 5) is 33.2. The smallest absolute Gasteiger partial charge is 0.255 e. The first kappa shape index (κ1) is 17.4. The molecule has 1 aromatic heterocycles. The number of carbonyl (C=O) groups is 2. The van der Waals surface area contributed by atoms with Crippen LogP contribution < -0.4 is 0 Å². The molecule has 0 bridgehead atoms. The molecule has 2 fully saturated rings. The zero-order valence-electron chi connectivity index (χ0n) is 14.8. The summed E-state index contributed by atoms with van der Waals surface area (Å²) in [7, 11) is 0. The van der Waals surface area contributed by atoms with Gasteiger partial charge in [-0.3, -0.25) is 9.59 Å². The average Bonchev–Trinajstić information content (AvgIpc) is 3.44. The van der Waals surface area contributed by atoms with Gasteiger partial charge in [-0.1, -0.05) is 13.8 Å². The second kappa shape index (κ2) is 7.22. The number of carbonyl (C=O) groups excluding carboxylic acids is 2. The molecule has 1 aliphatic carbocycles. The van der Waals surface area contributed by atoms with Crippen LogP contribution in [0, 0.1) is 23.2 Å². The third kappa shape index (κ3) is 3.98. The van der Waals surface area contributed by atoms with Crippen LogP contribution in [0.5, 0.6) is 0 Å². The third-order valence-electron chi connectivity index (χ3n) is 5.06. The normalized spacial score (nSPS) is 21.2. The largest absolute Gasteiger partial charge is 0.337 e. The minimum Gasteiger partial charge on any atom is -0.337 e. The van der Waals surface area contributed by atoms with Crippen molar-refractivity contribution >= 4 is 11.8 Å². The molecule has 25 heavy (non-hydrogen) atoms. The van der Waals surface area contributed by atoms with Gasteiger partial charge in [0.1, 0.15) is 11.8 Å². The predicted octanol–water partition coefficient (Wildman–Crippen LogP) is 2.06. The third-order valence-corrected chi connectivity index (χ3v) is 5.06. The molecule has 1 aliphatic heterocycles. The lowest BCUT2D eigenvalue weighted by Crippen LogP contribution is -2.48. The highest BCUT2D eigenvalue weighted by Gasteiger charge is 2.36. The number of nitriles is 1. The van der Waals surface area contributed by atoms with Gasteiger partial charge in [0.15, 0.2) is 0 Å². The van der Waals surface area contributed by atoms with Crippen LogP contribution >= 0.6 is 0 Å². The van der Waals surface area contributed by atoms with E-state index >= 15 is 0 Å². The summed E-state index contributed by atoms with van der Waals surface area (Å²) < 4.78 is 0. The van der Waals surface area contributed by atoms with Gasteiger partial charge in [0.25, 0.3) is 5.91 Å².